The number of nitrogens with zero attached hydrogens (tertiary/aromatic N) is 2. The lowest BCUT2D eigenvalue weighted by Crippen LogP contribution is -2.02. The van der Waals surface area contributed by atoms with E-state index in [9.17, 15) is 15.0 Å². The molecule has 0 aliphatic heterocycles. The van der Waals surface area contributed by atoms with E-state index in [1.54, 1.807) is 6.07 Å². The van der Waals surface area contributed by atoms with Gasteiger partial charge in [-0.05, 0) is 74.6 Å². The Morgan fingerprint density at radius 1 is 1.23 bits per heavy atom. The summed E-state index contributed by atoms with van der Waals surface area (Å²) >= 11 is 10.2. The molecular formula is C12H7ClI2N4O3. The second-order valence-corrected chi connectivity index (χ2v) is 6.85. The number of nitro groups is 1. The molecule has 0 saturated carbocycles. The molecule has 10 heteroatoms. The maximum atomic E-state index is 11.2. The Bertz CT molecular complexity index is 785. The van der Waals surface area contributed by atoms with Crippen molar-refractivity contribution in [1.29, 1.82) is 0 Å². The van der Waals surface area contributed by atoms with E-state index < -0.39 is 10.6 Å². The average molecular weight is 544 g/mol. The molecule has 0 bridgehead atoms. The number of hydrogen-bond acceptors (Lipinski definition) is 6. The first-order chi connectivity index (χ1) is 10.3. The van der Waals surface area contributed by atoms with Crippen molar-refractivity contribution in [2.75, 3.05) is 11.1 Å². The second-order valence-electron chi connectivity index (χ2n) is 4.11. The molecule has 22 heavy (non-hydrogen) atoms. The molecule has 7 nitrogen and oxygen atoms in total. The third-order valence-corrected chi connectivity index (χ3v) is 5.17. The Kier molecular flexibility index (Phi) is 5.39. The Balaban J connectivity index is 2.55. The van der Waals surface area contributed by atoms with E-state index in [1.165, 1.54) is 12.1 Å². The number of nitrogen functional groups attached to an aromatic ring is 1. The molecule has 3 N–H and O–H groups in total. The zero-order chi connectivity index (χ0) is 16.4. The molecule has 0 amide bonds. The van der Waals surface area contributed by atoms with Crippen LogP contribution in [-0.2, 0) is 0 Å². The molecule has 0 radical (unpaired) electrons. The maximum Gasteiger partial charge on any atom is 0.317 e. The highest BCUT2D eigenvalue weighted by atomic mass is 127. The van der Waals surface area contributed by atoms with Crippen LogP contribution in [0.1, 0.15) is 0 Å². The Morgan fingerprint density at radius 3 is 2.50 bits per heavy atom. The molecule has 0 spiro atoms. The van der Waals surface area contributed by atoms with Crippen molar-refractivity contribution in [3.05, 3.63) is 51.4 Å². The SMILES string of the molecule is Nc1c(N=O)ccc(Nc2cc(Cl)c(I)cc2I)c1[N+](=O)[O-]. The van der Waals surface area contributed by atoms with Crippen LogP contribution in [0.3, 0.4) is 0 Å². The number of halogens is 3. The first-order valence-corrected chi connectivity index (χ1v) is 8.20. The number of nitrogens with two attached hydrogens (primary N) is 1. The molecule has 0 atom stereocenters. The molecular weight excluding hydrogens is 537 g/mol. The van der Waals surface area contributed by atoms with Gasteiger partial charge < -0.3 is 11.1 Å². The fourth-order valence-corrected chi connectivity index (χ4v) is 3.57. The standard InChI is InChI=1S/C12H7ClI2N4O3/c13-5-3-10(7(15)4-6(5)14)17-9-2-1-8(18-20)11(16)12(9)19(21)22/h1-4,17H,16H2. The molecule has 0 aromatic heterocycles. The second kappa shape index (κ2) is 6.91. The zero-order valence-corrected chi connectivity index (χ0v) is 15.7. The Morgan fingerprint density at radius 2 is 1.91 bits per heavy atom. The van der Waals surface area contributed by atoms with Gasteiger partial charge in [-0.1, -0.05) is 11.6 Å². The van der Waals surface area contributed by atoms with Crippen LogP contribution in [0.25, 0.3) is 0 Å². The van der Waals surface area contributed by atoms with Gasteiger partial charge in [0.2, 0.25) is 0 Å². The summed E-state index contributed by atoms with van der Waals surface area (Å²) in [5.41, 5.74) is 5.54. The summed E-state index contributed by atoms with van der Waals surface area (Å²) in [6.07, 6.45) is 0. The van der Waals surface area contributed by atoms with Gasteiger partial charge in [0.1, 0.15) is 17.1 Å². The van der Waals surface area contributed by atoms with Crippen molar-refractivity contribution in [2.24, 2.45) is 5.18 Å². The smallest absolute Gasteiger partial charge is 0.317 e. The zero-order valence-electron chi connectivity index (χ0n) is 10.6. The van der Waals surface area contributed by atoms with Gasteiger partial charge in [-0.3, -0.25) is 10.1 Å². The first-order valence-electron chi connectivity index (χ1n) is 5.67. The summed E-state index contributed by atoms with van der Waals surface area (Å²) in [4.78, 5) is 21.2. The van der Waals surface area contributed by atoms with Gasteiger partial charge >= 0.3 is 5.69 Å². The average Bonchev–Trinajstić information content (AvgIpc) is 2.44. The van der Waals surface area contributed by atoms with Crippen molar-refractivity contribution in [3.8, 4) is 0 Å². The van der Waals surface area contributed by atoms with Crippen molar-refractivity contribution in [3.63, 3.8) is 0 Å². The van der Waals surface area contributed by atoms with Crippen LogP contribution in [0.4, 0.5) is 28.4 Å². The summed E-state index contributed by atoms with van der Waals surface area (Å²) in [7, 11) is 0. The van der Waals surface area contributed by atoms with Crippen LogP contribution in [-0.4, -0.2) is 4.92 Å². The number of benzene rings is 2. The quantitative estimate of drug-likeness (QED) is 0.138. The lowest BCUT2D eigenvalue weighted by molar-refractivity contribution is -0.382. The minimum absolute atomic E-state index is 0.157. The van der Waals surface area contributed by atoms with Crippen LogP contribution in [0, 0.1) is 22.2 Å². The van der Waals surface area contributed by atoms with Crippen LogP contribution >= 0.6 is 56.8 Å². The predicted molar refractivity (Wildman–Crippen MR) is 103 cm³/mol. The third kappa shape index (κ3) is 3.41. The number of anilines is 3. The van der Waals surface area contributed by atoms with E-state index in [1.807, 2.05) is 6.07 Å². The van der Waals surface area contributed by atoms with Gasteiger partial charge in [0, 0.05) is 7.14 Å². The molecule has 2 rings (SSSR count). The van der Waals surface area contributed by atoms with Crippen molar-refractivity contribution in [2.45, 2.75) is 0 Å². The number of rotatable bonds is 4. The first kappa shape index (κ1) is 17.1. The monoisotopic (exact) mass is 544 g/mol. The van der Waals surface area contributed by atoms with E-state index in [0.717, 1.165) is 7.14 Å². The van der Waals surface area contributed by atoms with Gasteiger partial charge in [-0.25, -0.2) is 0 Å². The minimum Gasteiger partial charge on any atom is -0.391 e. The van der Waals surface area contributed by atoms with E-state index in [-0.39, 0.29) is 17.1 Å². The van der Waals surface area contributed by atoms with Gasteiger partial charge in [0.15, 0.2) is 0 Å². The molecule has 0 unspecified atom stereocenters. The molecule has 0 fully saturated rings. The molecule has 0 aliphatic rings. The van der Waals surface area contributed by atoms with Crippen LogP contribution in [0.5, 0.6) is 0 Å². The van der Waals surface area contributed by atoms with E-state index in [4.69, 9.17) is 17.3 Å². The van der Waals surface area contributed by atoms with E-state index in [2.05, 4.69) is 55.7 Å². The number of hydrogen-bond donors (Lipinski definition) is 2. The highest BCUT2D eigenvalue weighted by molar-refractivity contribution is 14.1. The highest BCUT2D eigenvalue weighted by Crippen LogP contribution is 2.40. The van der Waals surface area contributed by atoms with Crippen molar-refractivity contribution >= 4 is 85.2 Å². The third-order valence-electron chi connectivity index (χ3n) is 2.75. The predicted octanol–water partition coefficient (Wildman–Crippen LogP) is 5.18. The number of nitro benzene ring substituents is 1. The summed E-state index contributed by atoms with van der Waals surface area (Å²) in [6.45, 7) is 0. The van der Waals surface area contributed by atoms with Crippen molar-refractivity contribution < 1.29 is 4.92 Å². The highest BCUT2D eigenvalue weighted by Gasteiger charge is 2.22. The molecule has 0 aliphatic carbocycles. The molecule has 2 aromatic rings. The van der Waals surface area contributed by atoms with Gasteiger partial charge in [0.05, 0.1) is 15.6 Å². The van der Waals surface area contributed by atoms with E-state index >= 15 is 0 Å². The van der Waals surface area contributed by atoms with Gasteiger partial charge in [0.25, 0.3) is 0 Å². The fraction of sp³-hybridized carbons (Fsp3) is 0. The number of nitrogens with one attached hydrogen (secondary N) is 1. The van der Waals surface area contributed by atoms with Crippen molar-refractivity contribution in [1.82, 2.24) is 0 Å². The van der Waals surface area contributed by atoms with Gasteiger partial charge in [-0.15, -0.1) is 4.91 Å². The van der Waals surface area contributed by atoms with Gasteiger partial charge in [-0.2, -0.15) is 0 Å². The number of nitroso groups, excluding NO2 is 1. The lowest BCUT2D eigenvalue weighted by atomic mass is 10.2. The largest absolute Gasteiger partial charge is 0.391 e. The summed E-state index contributed by atoms with van der Waals surface area (Å²) in [6, 6.07) is 6.20. The van der Waals surface area contributed by atoms with Crippen LogP contribution < -0.4 is 11.1 Å². The Labute approximate surface area is 157 Å². The maximum absolute atomic E-state index is 11.2. The molecule has 2 aromatic carbocycles. The van der Waals surface area contributed by atoms with Crippen LogP contribution in [0.2, 0.25) is 5.02 Å². The fourth-order valence-electron chi connectivity index (χ4n) is 1.74. The normalized spacial score (nSPS) is 10.3. The summed E-state index contributed by atoms with van der Waals surface area (Å²) in [5, 5.41) is 17.3. The topological polar surface area (TPSA) is 111 Å². The van der Waals surface area contributed by atoms with E-state index in [0.29, 0.717) is 10.7 Å². The molecule has 0 saturated heterocycles. The lowest BCUT2D eigenvalue weighted by Gasteiger charge is -2.12. The summed E-state index contributed by atoms with van der Waals surface area (Å²) < 4.78 is 1.69. The minimum atomic E-state index is -0.659. The Hall–Kier alpha value is -1.21. The van der Waals surface area contributed by atoms with Crippen LogP contribution in [0.15, 0.2) is 29.4 Å². The summed E-state index contributed by atoms with van der Waals surface area (Å²) in [5.74, 6) is 0. The molecule has 114 valence electrons. The molecule has 0 heterocycles.